The van der Waals surface area contributed by atoms with Crippen molar-refractivity contribution in [2.75, 3.05) is 0 Å². The van der Waals surface area contributed by atoms with Crippen molar-refractivity contribution in [1.82, 2.24) is 14.5 Å². The summed E-state index contributed by atoms with van der Waals surface area (Å²) in [7, 11) is 0. The Balaban J connectivity index is 1.96. The van der Waals surface area contributed by atoms with E-state index in [-0.39, 0.29) is 0 Å². The fraction of sp³-hybridized carbons (Fsp3) is 0.227. The summed E-state index contributed by atoms with van der Waals surface area (Å²) in [5.74, 6) is 0.705. The first-order chi connectivity index (χ1) is 13.2. The third-order valence-electron chi connectivity index (χ3n) is 5.35. The van der Waals surface area contributed by atoms with Gasteiger partial charge in [0.25, 0.3) is 0 Å². The fourth-order valence-corrected chi connectivity index (χ4v) is 4.20. The van der Waals surface area contributed by atoms with Gasteiger partial charge in [0, 0.05) is 45.9 Å². The van der Waals surface area contributed by atoms with Crippen LogP contribution in [0.25, 0.3) is 32.9 Å². The smallest absolute Gasteiger partial charge is 0.148 e. The SMILES string of the molecule is Cc1nccc2c3cc(Cl)cc(-c4cccnc4C#N)c3n(CC3CC3)c12. The third kappa shape index (κ3) is 2.58. The van der Waals surface area contributed by atoms with Crippen molar-refractivity contribution in [2.24, 2.45) is 5.92 Å². The summed E-state index contributed by atoms with van der Waals surface area (Å²) >= 11 is 6.51. The highest BCUT2D eigenvalue weighted by Gasteiger charge is 2.26. The van der Waals surface area contributed by atoms with Gasteiger partial charge in [-0.3, -0.25) is 4.98 Å². The van der Waals surface area contributed by atoms with Gasteiger partial charge >= 0.3 is 0 Å². The van der Waals surface area contributed by atoms with Crippen LogP contribution in [-0.4, -0.2) is 14.5 Å². The highest BCUT2D eigenvalue weighted by Crippen LogP contribution is 2.42. The van der Waals surface area contributed by atoms with Crippen LogP contribution in [0.4, 0.5) is 0 Å². The Morgan fingerprint density at radius 2 is 1.96 bits per heavy atom. The molecule has 132 valence electrons. The number of rotatable bonds is 3. The molecule has 0 unspecified atom stereocenters. The van der Waals surface area contributed by atoms with Gasteiger partial charge in [0.1, 0.15) is 11.8 Å². The second-order valence-electron chi connectivity index (χ2n) is 7.21. The zero-order chi connectivity index (χ0) is 18.5. The lowest BCUT2D eigenvalue weighted by Crippen LogP contribution is -2.02. The van der Waals surface area contributed by atoms with Gasteiger partial charge in [-0.05, 0) is 56.0 Å². The molecule has 1 fully saturated rings. The van der Waals surface area contributed by atoms with Crippen LogP contribution in [-0.2, 0) is 6.54 Å². The Morgan fingerprint density at radius 3 is 2.74 bits per heavy atom. The summed E-state index contributed by atoms with van der Waals surface area (Å²) in [5.41, 5.74) is 5.47. The Kier molecular flexibility index (Phi) is 3.66. The summed E-state index contributed by atoms with van der Waals surface area (Å²) in [5, 5.41) is 12.5. The molecule has 0 aliphatic heterocycles. The number of fused-ring (bicyclic) bond motifs is 3. The number of nitriles is 1. The maximum atomic E-state index is 9.57. The lowest BCUT2D eigenvalue weighted by atomic mass is 10.0. The normalized spacial score (nSPS) is 14.0. The van der Waals surface area contributed by atoms with Crippen LogP contribution in [0, 0.1) is 24.2 Å². The first-order valence-corrected chi connectivity index (χ1v) is 9.47. The summed E-state index contributed by atoms with van der Waals surface area (Å²) in [6.45, 7) is 3.01. The molecule has 4 nitrogen and oxygen atoms in total. The minimum atomic E-state index is 0.416. The number of halogens is 1. The fourth-order valence-electron chi connectivity index (χ4n) is 3.98. The van der Waals surface area contributed by atoms with Gasteiger partial charge in [0.15, 0.2) is 0 Å². The quantitative estimate of drug-likeness (QED) is 0.477. The van der Waals surface area contributed by atoms with Crippen molar-refractivity contribution in [3.05, 3.63) is 59.1 Å². The molecule has 0 amide bonds. The molecule has 1 saturated carbocycles. The van der Waals surface area contributed by atoms with Crippen LogP contribution in [0.1, 0.15) is 24.2 Å². The van der Waals surface area contributed by atoms with Gasteiger partial charge in [0.2, 0.25) is 0 Å². The van der Waals surface area contributed by atoms with Gasteiger partial charge in [-0.25, -0.2) is 4.98 Å². The van der Waals surface area contributed by atoms with E-state index in [1.165, 1.54) is 12.8 Å². The molecule has 1 aromatic carbocycles. The molecular formula is C22H17ClN4. The molecule has 27 heavy (non-hydrogen) atoms. The standard InChI is InChI=1S/C22H17ClN4/c1-13-21-17(6-8-25-13)19-10-15(23)9-18(16-3-2-7-26-20(16)11-24)22(19)27(21)12-14-4-5-14/h2-3,6-10,14H,4-5,12H2,1H3. The van der Waals surface area contributed by atoms with Crippen molar-refractivity contribution >= 4 is 33.4 Å². The van der Waals surface area contributed by atoms with Crippen LogP contribution >= 0.6 is 11.6 Å². The number of benzene rings is 1. The summed E-state index contributed by atoms with van der Waals surface area (Å²) in [6.07, 6.45) is 6.03. The van der Waals surface area contributed by atoms with E-state index in [9.17, 15) is 5.26 Å². The molecule has 3 aromatic heterocycles. The van der Waals surface area contributed by atoms with E-state index in [4.69, 9.17) is 11.6 Å². The molecule has 1 aliphatic carbocycles. The van der Waals surface area contributed by atoms with E-state index in [1.54, 1.807) is 6.20 Å². The van der Waals surface area contributed by atoms with E-state index < -0.39 is 0 Å². The van der Waals surface area contributed by atoms with Crippen LogP contribution in [0.2, 0.25) is 5.02 Å². The van der Waals surface area contributed by atoms with E-state index in [0.29, 0.717) is 16.6 Å². The maximum absolute atomic E-state index is 9.57. The van der Waals surface area contributed by atoms with Crippen LogP contribution in [0.3, 0.4) is 0 Å². The molecule has 4 aromatic rings. The number of pyridine rings is 2. The monoisotopic (exact) mass is 372 g/mol. The first kappa shape index (κ1) is 16.3. The molecular weight excluding hydrogens is 356 g/mol. The molecule has 1 aliphatic rings. The average Bonchev–Trinajstić information content (AvgIpc) is 3.44. The van der Waals surface area contributed by atoms with Crippen molar-refractivity contribution in [3.63, 3.8) is 0 Å². The molecule has 0 bridgehead atoms. The molecule has 3 heterocycles. The predicted octanol–water partition coefficient (Wildman–Crippen LogP) is 5.50. The first-order valence-electron chi connectivity index (χ1n) is 9.10. The summed E-state index contributed by atoms with van der Waals surface area (Å²) in [6, 6.07) is 12.1. The molecule has 5 heteroatoms. The van der Waals surface area contributed by atoms with Crippen molar-refractivity contribution < 1.29 is 0 Å². The lowest BCUT2D eigenvalue weighted by molar-refractivity contribution is 0.662. The maximum Gasteiger partial charge on any atom is 0.148 e. The number of hydrogen-bond donors (Lipinski definition) is 0. The minimum Gasteiger partial charge on any atom is -0.338 e. The summed E-state index contributed by atoms with van der Waals surface area (Å²) < 4.78 is 2.38. The summed E-state index contributed by atoms with van der Waals surface area (Å²) in [4.78, 5) is 8.79. The zero-order valence-corrected chi connectivity index (χ0v) is 15.7. The largest absolute Gasteiger partial charge is 0.338 e. The third-order valence-corrected chi connectivity index (χ3v) is 5.57. The van der Waals surface area contributed by atoms with Crippen LogP contribution < -0.4 is 0 Å². The van der Waals surface area contributed by atoms with E-state index in [2.05, 4.69) is 33.6 Å². The van der Waals surface area contributed by atoms with Crippen molar-refractivity contribution in [1.29, 1.82) is 5.26 Å². The molecule has 0 spiro atoms. The van der Waals surface area contributed by atoms with Gasteiger partial charge < -0.3 is 4.57 Å². The van der Waals surface area contributed by atoms with Gasteiger partial charge in [-0.15, -0.1) is 0 Å². The Morgan fingerprint density at radius 1 is 1.11 bits per heavy atom. The van der Waals surface area contributed by atoms with Gasteiger partial charge in [0.05, 0.1) is 16.7 Å². The van der Waals surface area contributed by atoms with E-state index >= 15 is 0 Å². The Bertz CT molecular complexity index is 1240. The van der Waals surface area contributed by atoms with Gasteiger partial charge in [-0.2, -0.15) is 5.26 Å². The number of nitrogens with zero attached hydrogens (tertiary/aromatic N) is 4. The second-order valence-corrected chi connectivity index (χ2v) is 7.64. The number of hydrogen-bond acceptors (Lipinski definition) is 3. The minimum absolute atomic E-state index is 0.416. The number of aryl methyl sites for hydroxylation is 1. The van der Waals surface area contributed by atoms with Crippen LogP contribution in [0.5, 0.6) is 0 Å². The van der Waals surface area contributed by atoms with Crippen molar-refractivity contribution in [3.8, 4) is 17.2 Å². The lowest BCUT2D eigenvalue weighted by Gasteiger charge is -2.12. The highest BCUT2D eigenvalue weighted by molar-refractivity contribution is 6.32. The highest BCUT2D eigenvalue weighted by atomic mass is 35.5. The molecule has 0 atom stereocenters. The molecule has 0 radical (unpaired) electrons. The topological polar surface area (TPSA) is 54.5 Å². The molecule has 0 saturated heterocycles. The van der Waals surface area contributed by atoms with Crippen molar-refractivity contribution in [2.45, 2.75) is 26.3 Å². The molecule has 0 N–H and O–H groups in total. The van der Waals surface area contributed by atoms with E-state index in [1.807, 2.05) is 30.5 Å². The second kappa shape index (κ2) is 6.07. The Labute approximate surface area is 162 Å². The predicted molar refractivity (Wildman–Crippen MR) is 108 cm³/mol. The Hall–Kier alpha value is -2.90. The van der Waals surface area contributed by atoms with E-state index in [0.717, 1.165) is 45.2 Å². The van der Waals surface area contributed by atoms with Crippen LogP contribution in [0.15, 0.2) is 42.7 Å². The zero-order valence-electron chi connectivity index (χ0n) is 14.9. The molecule has 5 rings (SSSR count). The van der Waals surface area contributed by atoms with Gasteiger partial charge in [-0.1, -0.05) is 11.6 Å². The average molecular weight is 373 g/mol. The number of aromatic nitrogens is 3.